The molecule has 0 unspecified atom stereocenters. The molecule has 1 rings (SSSR count). The third-order valence-electron chi connectivity index (χ3n) is 3.43. The van der Waals surface area contributed by atoms with Gasteiger partial charge in [-0.25, -0.2) is 0 Å². The van der Waals surface area contributed by atoms with Crippen LogP contribution >= 0.6 is 0 Å². The second-order valence-electron chi connectivity index (χ2n) is 5.56. The Bertz CT molecular complexity index is 426. The second kappa shape index (κ2) is 16.4. The van der Waals surface area contributed by atoms with Crippen molar-refractivity contribution in [3.8, 4) is 0 Å². The van der Waals surface area contributed by atoms with Crippen LogP contribution in [0.5, 0.6) is 0 Å². The summed E-state index contributed by atoms with van der Waals surface area (Å²) in [5.74, 6) is 0. The molecule has 0 spiro atoms. The third kappa shape index (κ3) is 13.1. The van der Waals surface area contributed by atoms with Crippen molar-refractivity contribution in [1.82, 2.24) is 0 Å². The first-order valence-corrected chi connectivity index (χ1v) is 8.99. The molecule has 0 saturated carbocycles. The number of benzene rings is 1. The lowest BCUT2D eigenvalue weighted by Gasteiger charge is -2.05. The highest BCUT2D eigenvalue weighted by Gasteiger charge is 1.92. The molecule has 0 saturated heterocycles. The van der Waals surface area contributed by atoms with E-state index in [2.05, 4.69) is 24.3 Å². The van der Waals surface area contributed by atoms with Crippen molar-refractivity contribution in [1.29, 1.82) is 0 Å². The van der Waals surface area contributed by atoms with Gasteiger partial charge in [-0.3, -0.25) is 0 Å². The summed E-state index contributed by atoms with van der Waals surface area (Å²) < 4.78 is 16.6. The highest BCUT2D eigenvalue weighted by molar-refractivity contribution is 5.48. The van der Waals surface area contributed by atoms with Gasteiger partial charge < -0.3 is 14.2 Å². The first-order valence-electron chi connectivity index (χ1n) is 8.99. The normalized spacial score (nSPS) is 11.7. The maximum absolute atomic E-state index is 5.61. The van der Waals surface area contributed by atoms with Crippen molar-refractivity contribution in [2.75, 3.05) is 39.6 Å². The highest BCUT2D eigenvalue weighted by atomic mass is 16.5. The molecule has 0 amide bonds. The lowest BCUT2D eigenvalue weighted by atomic mass is 10.2. The molecule has 134 valence electrons. The molecular weight excluding hydrogens is 300 g/mol. The number of allylic oxidation sites excluding steroid dienone is 1. The van der Waals surface area contributed by atoms with Crippen LogP contribution in [0.3, 0.4) is 0 Å². The van der Waals surface area contributed by atoms with E-state index in [4.69, 9.17) is 14.2 Å². The van der Waals surface area contributed by atoms with Crippen LogP contribution in [0.1, 0.15) is 38.2 Å². The fraction of sp³-hybridized carbons (Fsp3) is 0.524. The van der Waals surface area contributed by atoms with Gasteiger partial charge in [0.1, 0.15) is 0 Å². The Hall–Kier alpha value is -1.42. The van der Waals surface area contributed by atoms with Gasteiger partial charge in [0.2, 0.25) is 0 Å². The number of hydrogen-bond donors (Lipinski definition) is 0. The molecule has 1 aromatic rings. The summed E-state index contributed by atoms with van der Waals surface area (Å²) in [6, 6.07) is 10.3. The molecule has 24 heavy (non-hydrogen) atoms. The third-order valence-corrected chi connectivity index (χ3v) is 3.43. The smallest absolute Gasteiger partial charge is 0.0650 e. The Balaban J connectivity index is 1.77. The molecule has 3 heteroatoms. The average Bonchev–Trinajstić information content (AvgIpc) is 2.62. The summed E-state index contributed by atoms with van der Waals surface area (Å²) in [4.78, 5) is 0. The molecule has 0 aliphatic heterocycles. The first-order chi connectivity index (χ1) is 11.9. The van der Waals surface area contributed by atoms with Crippen molar-refractivity contribution in [3.05, 3.63) is 54.1 Å². The van der Waals surface area contributed by atoms with E-state index in [-0.39, 0.29) is 0 Å². The van der Waals surface area contributed by atoms with Gasteiger partial charge in [0, 0.05) is 26.4 Å². The maximum atomic E-state index is 5.61. The van der Waals surface area contributed by atoms with E-state index in [1.165, 1.54) is 5.56 Å². The van der Waals surface area contributed by atoms with Crippen LogP contribution in [-0.4, -0.2) is 39.6 Å². The summed E-state index contributed by atoms with van der Waals surface area (Å²) in [6.07, 6.45) is 12.4. The number of unbranched alkanes of at least 4 members (excludes halogenated alkanes) is 2. The predicted octanol–water partition coefficient (Wildman–Crippen LogP) is 4.89. The van der Waals surface area contributed by atoms with Crippen molar-refractivity contribution in [3.63, 3.8) is 0 Å². The molecule has 0 atom stereocenters. The van der Waals surface area contributed by atoms with Crippen LogP contribution in [0.2, 0.25) is 0 Å². The lowest BCUT2D eigenvalue weighted by molar-refractivity contribution is 0.100. The minimum atomic E-state index is 0.670. The first kappa shape index (κ1) is 20.6. The fourth-order valence-corrected chi connectivity index (χ4v) is 2.07. The summed E-state index contributed by atoms with van der Waals surface area (Å²) >= 11 is 0. The van der Waals surface area contributed by atoms with Gasteiger partial charge in [-0.05, 0) is 38.2 Å². The maximum Gasteiger partial charge on any atom is 0.0650 e. The summed E-state index contributed by atoms with van der Waals surface area (Å²) in [7, 11) is 0. The molecular formula is C21H32O3. The quantitative estimate of drug-likeness (QED) is 0.338. The summed E-state index contributed by atoms with van der Waals surface area (Å²) in [5, 5.41) is 0. The number of hydrogen-bond acceptors (Lipinski definition) is 3. The Morgan fingerprint density at radius 2 is 1.25 bits per heavy atom. The molecule has 0 bridgehead atoms. The monoisotopic (exact) mass is 332 g/mol. The Morgan fingerprint density at radius 1 is 0.708 bits per heavy atom. The topological polar surface area (TPSA) is 27.7 Å². The zero-order valence-corrected chi connectivity index (χ0v) is 15.0. The standard InChI is InChI=1S/C21H32O3/c1-2-3-15-22-16-7-8-17-23-18-9-10-19-24-20-11-14-21-12-5-4-6-13-21/h2-6,11-14H,7-10,15-20H2,1H3. The van der Waals surface area contributed by atoms with E-state index in [1.807, 2.05) is 37.3 Å². The number of rotatable bonds is 15. The van der Waals surface area contributed by atoms with Gasteiger partial charge in [0.15, 0.2) is 0 Å². The Morgan fingerprint density at radius 3 is 1.83 bits per heavy atom. The van der Waals surface area contributed by atoms with Crippen molar-refractivity contribution in [2.24, 2.45) is 0 Å². The largest absolute Gasteiger partial charge is 0.381 e. The minimum absolute atomic E-state index is 0.670. The van der Waals surface area contributed by atoms with Crippen molar-refractivity contribution >= 4 is 6.08 Å². The molecule has 1 aromatic carbocycles. The van der Waals surface area contributed by atoms with Gasteiger partial charge in [0.05, 0.1) is 13.2 Å². The van der Waals surface area contributed by atoms with Crippen molar-refractivity contribution < 1.29 is 14.2 Å². The van der Waals surface area contributed by atoms with Gasteiger partial charge in [0.25, 0.3) is 0 Å². The predicted molar refractivity (Wildman–Crippen MR) is 101 cm³/mol. The Labute approximate surface area is 147 Å². The van der Waals surface area contributed by atoms with E-state index in [0.29, 0.717) is 6.61 Å². The SMILES string of the molecule is CC=CCOCCCCOCCCCOCC=Cc1ccccc1. The minimum Gasteiger partial charge on any atom is -0.381 e. The second-order valence-corrected chi connectivity index (χ2v) is 5.56. The molecule has 0 radical (unpaired) electrons. The van der Waals surface area contributed by atoms with Gasteiger partial charge in [-0.1, -0.05) is 54.6 Å². The van der Waals surface area contributed by atoms with Gasteiger partial charge in [-0.2, -0.15) is 0 Å². The van der Waals surface area contributed by atoms with Crippen molar-refractivity contribution in [2.45, 2.75) is 32.6 Å². The van der Waals surface area contributed by atoms with Crippen LogP contribution in [0.4, 0.5) is 0 Å². The van der Waals surface area contributed by atoms with Gasteiger partial charge >= 0.3 is 0 Å². The van der Waals surface area contributed by atoms with Crippen LogP contribution in [0.15, 0.2) is 48.6 Å². The summed E-state index contributed by atoms with van der Waals surface area (Å²) in [5.41, 5.74) is 1.21. The molecule has 0 aliphatic rings. The lowest BCUT2D eigenvalue weighted by Crippen LogP contribution is -2.02. The number of ether oxygens (including phenoxy) is 3. The van der Waals surface area contributed by atoms with Crippen LogP contribution in [0, 0.1) is 0 Å². The van der Waals surface area contributed by atoms with E-state index in [0.717, 1.165) is 58.7 Å². The van der Waals surface area contributed by atoms with E-state index < -0.39 is 0 Å². The van der Waals surface area contributed by atoms with Crippen LogP contribution < -0.4 is 0 Å². The zero-order valence-electron chi connectivity index (χ0n) is 15.0. The van der Waals surface area contributed by atoms with Crippen LogP contribution in [-0.2, 0) is 14.2 Å². The molecule has 3 nitrogen and oxygen atoms in total. The van der Waals surface area contributed by atoms with E-state index >= 15 is 0 Å². The molecule has 0 N–H and O–H groups in total. The van der Waals surface area contributed by atoms with Gasteiger partial charge in [-0.15, -0.1) is 0 Å². The highest BCUT2D eigenvalue weighted by Crippen LogP contribution is 2.01. The zero-order chi connectivity index (χ0) is 17.1. The Kier molecular flexibility index (Phi) is 14.1. The molecule has 0 aliphatic carbocycles. The molecule has 0 heterocycles. The average molecular weight is 332 g/mol. The van der Waals surface area contributed by atoms with Crippen LogP contribution in [0.25, 0.3) is 6.08 Å². The molecule has 0 fully saturated rings. The summed E-state index contributed by atoms with van der Waals surface area (Å²) in [6.45, 7) is 6.65. The van der Waals surface area contributed by atoms with E-state index in [1.54, 1.807) is 0 Å². The molecule has 0 aromatic heterocycles. The fourth-order valence-electron chi connectivity index (χ4n) is 2.07. The van der Waals surface area contributed by atoms with E-state index in [9.17, 15) is 0 Å².